The number of benzene rings is 1. The summed E-state index contributed by atoms with van der Waals surface area (Å²) in [6.45, 7) is 2.78. The molecule has 1 aromatic carbocycles. The van der Waals surface area contributed by atoms with Gasteiger partial charge in [-0.2, -0.15) is 0 Å². The zero-order chi connectivity index (χ0) is 21.4. The second-order valence-corrected chi connectivity index (χ2v) is 7.09. The molecule has 0 amide bonds. The fourth-order valence-electron chi connectivity index (χ4n) is 3.53. The lowest BCUT2D eigenvalue weighted by molar-refractivity contribution is 0.174. The van der Waals surface area contributed by atoms with Crippen molar-refractivity contribution in [2.45, 2.75) is 20.1 Å². The van der Waals surface area contributed by atoms with E-state index >= 15 is 0 Å². The molecule has 5 rings (SSSR count). The highest BCUT2D eigenvalue weighted by Crippen LogP contribution is 2.34. The van der Waals surface area contributed by atoms with Crippen molar-refractivity contribution in [3.8, 4) is 34.7 Å². The van der Waals surface area contributed by atoms with Gasteiger partial charge in [-0.1, -0.05) is 0 Å². The minimum atomic E-state index is 0.346. The molecule has 31 heavy (non-hydrogen) atoms. The van der Waals surface area contributed by atoms with Crippen molar-refractivity contribution in [1.82, 2.24) is 34.3 Å². The Balaban J connectivity index is 1.67. The maximum atomic E-state index is 5.44. The molecule has 4 aromatic rings. The van der Waals surface area contributed by atoms with E-state index in [2.05, 4.69) is 37.0 Å². The van der Waals surface area contributed by atoms with Gasteiger partial charge in [0.1, 0.15) is 24.4 Å². The second-order valence-electron chi connectivity index (χ2n) is 7.09. The average Bonchev–Trinajstić information content (AvgIpc) is 3.34. The van der Waals surface area contributed by atoms with E-state index in [4.69, 9.17) is 9.47 Å². The first-order valence-corrected chi connectivity index (χ1v) is 9.64. The molecule has 0 unspecified atom stereocenters. The van der Waals surface area contributed by atoms with Crippen LogP contribution in [0.1, 0.15) is 28.6 Å². The van der Waals surface area contributed by atoms with Gasteiger partial charge in [0.15, 0.2) is 11.6 Å². The first kappa shape index (κ1) is 19.0. The maximum Gasteiger partial charge on any atom is 0.205 e. The second kappa shape index (κ2) is 7.66. The lowest BCUT2D eigenvalue weighted by Crippen LogP contribution is -2.09. The Bertz CT molecular complexity index is 1330. The molecule has 154 valence electrons. The number of rotatable bonds is 3. The molecule has 0 fully saturated rings. The first-order chi connectivity index (χ1) is 15.2. The molecule has 0 bridgehead atoms. The third-order valence-electron chi connectivity index (χ3n) is 5.05. The van der Waals surface area contributed by atoms with E-state index in [0.717, 1.165) is 39.9 Å². The summed E-state index contributed by atoms with van der Waals surface area (Å²) in [5, 5.41) is 8.77. The van der Waals surface area contributed by atoms with Gasteiger partial charge in [-0.05, 0) is 42.5 Å². The van der Waals surface area contributed by atoms with Crippen LogP contribution in [-0.2, 0) is 17.9 Å². The Morgan fingerprint density at radius 1 is 1.06 bits per heavy atom. The third-order valence-corrected chi connectivity index (χ3v) is 5.05. The fourth-order valence-corrected chi connectivity index (χ4v) is 3.53. The predicted molar refractivity (Wildman–Crippen MR) is 112 cm³/mol. The average molecular weight is 413 g/mol. The van der Waals surface area contributed by atoms with E-state index in [9.17, 15) is 0 Å². The van der Waals surface area contributed by atoms with Crippen LogP contribution < -0.4 is 4.74 Å². The summed E-state index contributed by atoms with van der Waals surface area (Å²) < 4.78 is 14.8. The summed E-state index contributed by atoms with van der Waals surface area (Å²) in [6.07, 6.45) is 5.26. The number of aryl methyl sites for hydroxylation is 1. The van der Waals surface area contributed by atoms with Crippen LogP contribution in [-0.4, -0.2) is 48.5 Å². The molecule has 0 N–H and O–H groups in total. The van der Waals surface area contributed by atoms with E-state index in [-0.39, 0.29) is 0 Å². The van der Waals surface area contributed by atoms with Crippen molar-refractivity contribution < 1.29 is 9.47 Å². The van der Waals surface area contributed by atoms with Crippen LogP contribution >= 0.6 is 0 Å². The topological polar surface area (TPSA) is 92.8 Å². The number of hydrogen-bond donors (Lipinski definition) is 0. The van der Waals surface area contributed by atoms with E-state index in [0.29, 0.717) is 24.7 Å². The quantitative estimate of drug-likeness (QED) is 0.419. The van der Waals surface area contributed by atoms with Crippen LogP contribution in [0.2, 0.25) is 0 Å². The molecule has 9 nitrogen and oxygen atoms in total. The molecular formula is C22H19N7O2. The van der Waals surface area contributed by atoms with Crippen molar-refractivity contribution in [3.05, 3.63) is 65.5 Å². The highest BCUT2D eigenvalue weighted by atomic mass is 16.5. The molecular weight excluding hydrogens is 394 g/mol. The Morgan fingerprint density at radius 3 is 2.68 bits per heavy atom. The van der Waals surface area contributed by atoms with Gasteiger partial charge in [0.05, 0.1) is 25.0 Å². The summed E-state index contributed by atoms with van der Waals surface area (Å²) in [7, 11) is 3.28. The molecule has 0 saturated heterocycles. The van der Waals surface area contributed by atoms with Crippen LogP contribution in [0.3, 0.4) is 0 Å². The van der Waals surface area contributed by atoms with E-state index in [1.54, 1.807) is 32.9 Å². The van der Waals surface area contributed by atoms with Crippen molar-refractivity contribution in [1.29, 1.82) is 0 Å². The normalized spacial score (nSPS) is 11.6. The van der Waals surface area contributed by atoms with Gasteiger partial charge in [0, 0.05) is 25.1 Å². The molecule has 3 aromatic heterocycles. The van der Waals surface area contributed by atoms with Crippen LogP contribution in [0.5, 0.6) is 5.75 Å². The van der Waals surface area contributed by atoms with Gasteiger partial charge >= 0.3 is 0 Å². The Labute approximate surface area is 178 Å². The monoisotopic (exact) mass is 413 g/mol. The molecule has 0 saturated carbocycles. The summed E-state index contributed by atoms with van der Waals surface area (Å²) >= 11 is 0. The van der Waals surface area contributed by atoms with Crippen molar-refractivity contribution >= 4 is 0 Å². The van der Waals surface area contributed by atoms with Crippen molar-refractivity contribution in [2.75, 3.05) is 14.2 Å². The summed E-state index contributed by atoms with van der Waals surface area (Å²) in [5.74, 6) is 8.80. The molecule has 0 atom stereocenters. The highest BCUT2D eigenvalue weighted by Gasteiger charge is 2.26. The van der Waals surface area contributed by atoms with Gasteiger partial charge in [-0.15, -0.1) is 10.2 Å². The summed E-state index contributed by atoms with van der Waals surface area (Å²) in [5.41, 5.74) is 4.38. The molecule has 4 heterocycles. The largest absolute Gasteiger partial charge is 0.497 e. The van der Waals surface area contributed by atoms with Crippen LogP contribution in [0, 0.1) is 18.8 Å². The zero-order valence-corrected chi connectivity index (χ0v) is 17.3. The molecule has 0 spiro atoms. The number of nitrogens with zero attached hydrogens (tertiary/aromatic N) is 7. The number of hydrogen-bond acceptors (Lipinski definition) is 7. The maximum absolute atomic E-state index is 5.44. The van der Waals surface area contributed by atoms with Crippen LogP contribution in [0.4, 0.5) is 0 Å². The Hall–Kier alpha value is -4.03. The number of imidazole rings is 1. The number of ether oxygens (including phenoxy) is 2. The van der Waals surface area contributed by atoms with E-state index in [1.165, 1.54) is 0 Å². The minimum Gasteiger partial charge on any atom is -0.497 e. The lowest BCUT2D eigenvalue weighted by Gasteiger charge is -2.09. The third kappa shape index (κ3) is 3.33. The summed E-state index contributed by atoms with van der Waals surface area (Å²) in [4.78, 5) is 13.1. The standard InChI is InChI=1S/C22H19N7O2/c1-14-9-23-20(24-10-14)7-5-17-19-11-28-21(12-30-2)26-27-22(28)16-8-15(31-3)4-6-18(16)29(19)13-25-17/h4,6,8-10,13H,11-12H2,1-3H3. The van der Waals surface area contributed by atoms with Gasteiger partial charge in [-0.3, -0.25) is 4.57 Å². The van der Waals surface area contributed by atoms with E-state index < -0.39 is 0 Å². The summed E-state index contributed by atoms with van der Waals surface area (Å²) in [6, 6.07) is 5.85. The first-order valence-electron chi connectivity index (χ1n) is 9.64. The van der Waals surface area contributed by atoms with Crippen molar-refractivity contribution in [3.63, 3.8) is 0 Å². The molecule has 1 aliphatic rings. The fraction of sp³-hybridized carbons (Fsp3) is 0.227. The molecule has 1 aliphatic heterocycles. The highest BCUT2D eigenvalue weighted by molar-refractivity contribution is 5.71. The van der Waals surface area contributed by atoms with Gasteiger partial charge in [0.2, 0.25) is 5.82 Å². The SMILES string of the molecule is COCc1nnc2n1Cc1c(C#Cc3ncc(C)cn3)ncn1-c1ccc(OC)cc1-2. The molecule has 9 heteroatoms. The van der Waals surface area contributed by atoms with Gasteiger partial charge < -0.3 is 14.0 Å². The van der Waals surface area contributed by atoms with Crippen molar-refractivity contribution in [2.24, 2.45) is 0 Å². The Morgan fingerprint density at radius 2 is 1.90 bits per heavy atom. The smallest absolute Gasteiger partial charge is 0.205 e. The zero-order valence-electron chi connectivity index (χ0n) is 17.3. The molecule has 0 aliphatic carbocycles. The molecule has 0 radical (unpaired) electrons. The van der Waals surface area contributed by atoms with Crippen LogP contribution in [0.15, 0.2) is 36.9 Å². The van der Waals surface area contributed by atoms with Gasteiger partial charge in [-0.25, -0.2) is 15.0 Å². The predicted octanol–water partition coefficient (Wildman–Crippen LogP) is 2.15. The van der Waals surface area contributed by atoms with Crippen LogP contribution in [0.25, 0.3) is 17.1 Å². The van der Waals surface area contributed by atoms with E-state index in [1.807, 2.05) is 34.3 Å². The minimum absolute atomic E-state index is 0.346. The number of methoxy groups -OCH3 is 2. The Kier molecular flexibility index (Phi) is 4.69. The lowest BCUT2D eigenvalue weighted by atomic mass is 10.1. The number of fused-ring (bicyclic) bond motifs is 5. The number of aromatic nitrogens is 7. The van der Waals surface area contributed by atoms with Gasteiger partial charge in [0.25, 0.3) is 0 Å².